The van der Waals surface area contributed by atoms with Crippen molar-refractivity contribution in [1.82, 2.24) is 4.90 Å². The lowest BCUT2D eigenvalue weighted by atomic mass is 9.92. The van der Waals surface area contributed by atoms with Crippen molar-refractivity contribution < 1.29 is 9.59 Å². The van der Waals surface area contributed by atoms with Crippen LogP contribution in [0.4, 0.5) is 0 Å². The minimum absolute atomic E-state index is 0.0801. The van der Waals surface area contributed by atoms with Crippen molar-refractivity contribution in [3.8, 4) is 0 Å². The first-order valence-electron chi connectivity index (χ1n) is 6.91. The van der Waals surface area contributed by atoms with Gasteiger partial charge in [-0.1, -0.05) is 29.3 Å². The van der Waals surface area contributed by atoms with Crippen molar-refractivity contribution in [3.05, 3.63) is 33.8 Å². The van der Waals surface area contributed by atoms with Gasteiger partial charge >= 0.3 is 0 Å². The van der Waals surface area contributed by atoms with E-state index in [1.165, 1.54) is 0 Å². The summed E-state index contributed by atoms with van der Waals surface area (Å²) in [6.45, 7) is 2.35. The second kappa shape index (κ2) is 6.67. The standard InChI is InChI=1S/C15H18Cl2N2O2/c1-9-5-6-10(15(18)21)8-19(9)14(20)7-11-12(16)3-2-4-13(11)17/h2-4,9-10H,5-8H2,1H3,(H2,18,21)/t9-,10+/m0/s1. The number of primary amides is 1. The Morgan fingerprint density at radius 1 is 1.29 bits per heavy atom. The topological polar surface area (TPSA) is 63.4 Å². The first kappa shape index (κ1) is 16.1. The lowest BCUT2D eigenvalue weighted by molar-refractivity contribution is -0.136. The molecule has 2 N–H and O–H groups in total. The molecule has 1 heterocycles. The fraction of sp³-hybridized carbons (Fsp3) is 0.467. The van der Waals surface area contributed by atoms with Gasteiger partial charge in [-0.3, -0.25) is 9.59 Å². The molecule has 0 bridgehead atoms. The summed E-state index contributed by atoms with van der Waals surface area (Å²) in [6.07, 6.45) is 1.64. The number of rotatable bonds is 3. The van der Waals surface area contributed by atoms with Crippen molar-refractivity contribution in [2.45, 2.75) is 32.2 Å². The number of carbonyl (C=O) groups is 2. The quantitative estimate of drug-likeness (QED) is 0.927. The number of carbonyl (C=O) groups excluding carboxylic acids is 2. The number of benzene rings is 1. The lowest BCUT2D eigenvalue weighted by Crippen LogP contribution is -2.49. The van der Waals surface area contributed by atoms with E-state index in [2.05, 4.69) is 0 Å². The lowest BCUT2D eigenvalue weighted by Gasteiger charge is -2.37. The van der Waals surface area contributed by atoms with Gasteiger partial charge in [0.25, 0.3) is 0 Å². The zero-order valence-corrected chi connectivity index (χ0v) is 13.3. The summed E-state index contributed by atoms with van der Waals surface area (Å²) in [7, 11) is 0. The van der Waals surface area contributed by atoms with Crippen molar-refractivity contribution in [2.24, 2.45) is 11.7 Å². The van der Waals surface area contributed by atoms with E-state index < -0.39 is 0 Å². The second-order valence-corrected chi connectivity index (χ2v) is 6.26. The molecule has 21 heavy (non-hydrogen) atoms. The summed E-state index contributed by atoms with van der Waals surface area (Å²) < 4.78 is 0. The summed E-state index contributed by atoms with van der Waals surface area (Å²) in [5, 5.41) is 0.957. The normalized spacial score (nSPS) is 22.1. The molecule has 0 saturated carbocycles. The maximum Gasteiger partial charge on any atom is 0.227 e. The van der Waals surface area contributed by atoms with Crippen LogP contribution in [0.25, 0.3) is 0 Å². The van der Waals surface area contributed by atoms with Crippen LogP contribution < -0.4 is 5.73 Å². The van der Waals surface area contributed by atoms with Gasteiger partial charge in [0.05, 0.1) is 12.3 Å². The number of amides is 2. The molecule has 1 aliphatic rings. The summed E-state index contributed by atoms with van der Waals surface area (Å²) in [5.74, 6) is -0.703. The smallest absolute Gasteiger partial charge is 0.227 e. The van der Waals surface area contributed by atoms with Gasteiger partial charge in [-0.15, -0.1) is 0 Å². The van der Waals surface area contributed by atoms with E-state index in [0.29, 0.717) is 22.2 Å². The third-order valence-electron chi connectivity index (χ3n) is 3.99. The molecule has 0 radical (unpaired) electrons. The molecule has 1 aromatic rings. The van der Waals surface area contributed by atoms with Crippen LogP contribution in [0, 0.1) is 5.92 Å². The van der Waals surface area contributed by atoms with Crippen molar-refractivity contribution in [1.29, 1.82) is 0 Å². The van der Waals surface area contributed by atoms with Crippen LogP contribution in [0.3, 0.4) is 0 Å². The predicted octanol–water partition coefficient (Wildman–Crippen LogP) is 2.65. The van der Waals surface area contributed by atoms with Gasteiger partial charge in [0.2, 0.25) is 11.8 Å². The van der Waals surface area contributed by atoms with Crippen LogP contribution in [-0.2, 0) is 16.0 Å². The molecular formula is C15H18Cl2N2O2. The average Bonchev–Trinajstić information content (AvgIpc) is 2.43. The van der Waals surface area contributed by atoms with Gasteiger partial charge in [0.1, 0.15) is 0 Å². The van der Waals surface area contributed by atoms with Gasteiger partial charge in [0.15, 0.2) is 0 Å². The average molecular weight is 329 g/mol. The Morgan fingerprint density at radius 2 is 1.90 bits per heavy atom. The molecule has 4 nitrogen and oxygen atoms in total. The zero-order chi connectivity index (χ0) is 15.6. The van der Waals surface area contributed by atoms with Crippen LogP contribution in [0.2, 0.25) is 10.0 Å². The number of halogens is 2. The second-order valence-electron chi connectivity index (χ2n) is 5.45. The van der Waals surface area contributed by atoms with Crippen LogP contribution in [0.5, 0.6) is 0 Å². The molecule has 0 spiro atoms. The van der Waals surface area contributed by atoms with Gasteiger partial charge in [-0.2, -0.15) is 0 Å². The van der Waals surface area contributed by atoms with E-state index in [1.54, 1.807) is 23.1 Å². The minimum atomic E-state index is -0.351. The molecule has 2 atom stereocenters. The molecule has 114 valence electrons. The summed E-state index contributed by atoms with van der Waals surface area (Å²) in [6, 6.07) is 5.25. The third-order valence-corrected chi connectivity index (χ3v) is 4.70. The number of piperidine rings is 1. The molecule has 2 rings (SSSR count). The molecule has 1 aliphatic heterocycles. The Balaban J connectivity index is 2.13. The highest BCUT2D eigenvalue weighted by Gasteiger charge is 2.31. The Labute approximate surface area is 134 Å². The van der Waals surface area contributed by atoms with Gasteiger partial charge < -0.3 is 10.6 Å². The van der Waals surface area contributed by atoms with Crippen LogP contribution in [0.1, 0.15) is 25.3 Å². The van der Waals surface area contributed by atoms with Crippen LogP contribution in [0.15, 0.2) is 18.2 Å². The largest absolute Gasteiger partial charge is 0.369 e. The third kappa shape index (κ3) is 3.69. The number of nitrogens with two attached hydrogens (primary N) is 1. The van der Waals surface area contributed by atoms with Crippen LogP contribution >= 0.6 is 23.2 Å². The van der Waals surface area contributed by atoms with Crippen molar-refractivity contribution in [3.63, 3.8) is 0 Å². The highest BCUT2D eigenvalue weighted by Crippen LogP contribution is 2.27. The van der Waals surface area contributed by atoms with Gasteiger partial charge in [-0.25, -0.2) is 0 Å². The Kier molecular flexibility index (Phi) is 5.12. The minimum Gasteiger partial charge on any atom is -0.369 e. The molecule has 0 aromatic heterocycles. The van der Waals surface area contributed by atoms with Gasteiger partial charge in [-0.05, 0) is 37.5 Å². The number of hydrogen-bond acceptors (Lipinski definition) is 2. The molecule has 1 saturated heterocycles. The van der Waals surface area contributed by atoms with E-state index in [1.807, 2.05) is 6.92 Å². The molecule has 1 fully saturated rings. The first-order valence-corrected chi connectivity index (χ1v) is 7.67. The highest BCUT2D eigenvalue weighted by molar-refractivity contribution is 6.36. The molecule has 2 amide bonds. The van der Waals surface area contributed by atoms with E-state index in [-0.39, 0.29) is 30.2 Å². The number of hydrogen-bond donors (Lipinski definition) is 1. The van der Waals surface area contributed by atoms with E-state index >= 15 is 0 Å². The van der Waals surface area contributed by atoms with E-state index in [0.717, 1.165) is 12.8 Å². The number of nitrogens with zero attached hydrogens (tertiary/aromatic N) is 1. The summed E-state index contributed by atoms with van der Waals surface area (Å²) in [4.78, 5) is 25.6. The SMILES string of the molecule is C[C@H]1CC[C@@H](C(N)=O)CN1C(=O)Cc1c(Cl)cccc1Cl. The van der Waals surface area contributed by atoms with E-state index in [4.69, 9.17) is 28.9 Å². The first-order chi connectivity index (χ1) is 9.90. The fourth-order valence-electron chi connectivity index (χ4n) is 2.64. The van der Waals surface area contributed by atoms with Crippen molar-refractivity contribution >= 4 is 35.0 Å². The van der Waals surface area contributed by atoms with Gasteiger partial charge in [0, 0.05) is 22.6 Å². The zero-order valence-electron chi connectivity index (χ0n) is 11.8. The molecule has 0 aliphatic carbocycles. The summed E-state index contributed by atoms with van der Waals surface area (Å²) >= 11 is 12.2. The van der Waals surface area contributed by atoms with Crippen molar-refractivity contribution in [2.75, 3.05) is 6.54 Å². The molecule has 6 heteroatoms. The maximum absolute atomic E-state index is 12.5. The predicted molar refractivity (Wildman–Crippen MR) is 83.3 cm³/mol. The Morgan fingerprint density at radius 3 is 2.48 bits per heavy atom. The van der Waals surface area contributed by atoms with E-state index in [9.17, 15) is 9.59 Å². The summed E-state index contributed by atoms with van der Waals surface area (Å²) in [5.41, 5.74) is 5.98. The molecule has 1 aromatic carbocycles. The molecule has 0 unspecified atom stereocenters. The highest BCUT2D eigenvalue weighted by atomic mass is 35.5. The van der Waals surface area contributed by atoms with Crippen LogP contribution in [-0.4, -0.2) is 29.3 Å². The maximum atomic E-state index is 12.5. The Bertz CT molecular complexity index is 542. The number of likely N-dealkylation sites (tertiary alicyclic amines) is 1. The molecular weight excluding hydrogens is 311 g/mol. The Hall–Kier alpha value is -1.26. The monoisotopic (exact) mass is 328 g/mol. The fourth-order valence-corrected chi connectivity index (χ4v) is 3.17.